The second kappa shape index (κ2) is 6.85. The third-order valence-corrected chi connectivity index (χ3v) is 4.67. The van der Waals surface area contributed by atoms with Gasteiger partial charge in [0.15, 0.2) is 10.8 Å². The molecule has 4 rings (SSSR count). The van der Waals surface area contributed by atoms with E-state index in [1.165, 1.54) is 11.3 Å². The molecule has 1 aromatic carbocycles. The standard InChI is InChI=1S/C18H13N5O2S/c1-12-15(26-17(22-12)16-19-7-3-8-20-16)18(24)25-14-6-2-5-13(11-14)23-10-4-9-21-23/h2-11H,1H3. The predicted octanol–water partition coefficient (Wildman–Crippen LogP) is 3.31. The van der Waals surface area contributed by atoms with Crippen LogP contribution in [0.4, 0.5) is 0 Å². The molecule has 3 aromatic heterocycles. The largest absolute Gasteiger partial charge is 0.422 e. The summed E-state index contributed by atoms with van der Waals surface area (Å²) in [4.78, 5) is 25.7. The van der Waals surface area contributed by atoms with Gasteiger partial charge in [0.25, 0.3) is 0 Å². The third-order valence-electron chi connectivity index (χ3n) is 3.54. The van der Waals surface area contributed by atoms with Crippen molar-refractivity contribution in [2.45, 2.75) is 6.92 Å². The predicted molar refractivity (Wildman–Crippen MR) is 96.4 cm³/mol. The van der Waals surface area contributed by atoms with Gasteiger partial charge >= 0.3 is 5.97 Å². The zero-order valence-electron chi connectivity index (χ0n) is 13.7. The lowest BCUT2D eigenvalue weighted by Crippen LogP contribution is -2.08. The number of nitrogens with zero attached hydrogens (tertiary/aromatic N) is 5. The van der Waals surface area contributed by atoms with Crippen LogP contribution in [0.2, 0.25) is 0 Å². The molecule has 0 aliphatic carbocycles. The highest BCUT2D eigenvalue weighted by Gasteiger charge is 2.19. The van der Waals surface area contributed by atoms with Crippen molar-refractivity contribution in [1.29, 1.82) is 0 Å². The van der Waals surface area contributed by atoms with E-state index in [9.17, 15) is 4.79 Å². The van der Waals surface area contributed by atoms with Crippen LogP contribution in [0.1, 0.15) is 15.4 Å². The lowest BCUT2D eigenvalue weighted by Gasteiger charge is -2.06. The Kier molecular flexibility index (Phi) is 4.24. The van der Waals surface area contributed by atoms with Crippen molar-refractivity contribution >= 4 is 17.3 Å². The van der Waals surface area contributed by atoms with E-state index in [1.54, 1.807) is 48.4 Å². The normalized spacial score (nSPS) is 10.7. The molecule has 0 atom stereocenters. The SMILES string of the molecule is Cc1nc(-c2ncccn2)sc1C(=O)Oc1cccc(-n2cccn2)c1. The van der Waals surface area contributed by atoms with Gasteiger partial charge in [-0.1, -0.05) is 6.07 Å². The first-order chi connectivity index (χ1) is 12.7. The number of thiazole rings is 1. The molecule has 0 saturated carbocycles. The van der Waals surface area contributed by atoms with Crippen molar-refractivity contribution in [2.75, 3.05) is 0 Å². The summed E-state index contributed by atoms with van der Waals surface area (Å²) in [6.45, 7) is 1.76. The highest BCUT2D eigenvalue weighted by atomic mass is 32.1. The van der Waals surface area contributed by atoms with Gasteiger partial charge in [0, 0.05) is 30.9 Å². The molecule has 0 N–H and O–H groups in total. The number of esters is 1. The minimum Gasteiger partial charge on any atom is -0.422 e. The van der Waals surface area contributed by atoms with E-state index in [4.69, 9.17) is 4.74 Å². The van der Waals surface area contributed by atoms with Gasteiger partial charge in [-0.05, 0) is 31.2 Å². The third kappa shape index (κ3) is 3.22. The Bertz CT molecular complexity index is 1040. The summed E-state index contributed by atoms with van der Waals surface area (Å²) < 4.78 is 7.21. The van der Waals surface area contributed by atoms with Gasteiger partial charge in [0.2, 0.25) is 0 Å². The smallest absolute Gasteiger partial charge is 0.355 e. The molecule has 0 aliphatic heterocycles. The zero-order valence-corrected chi connectivity index (χ0v) is 14.6. The number of hydrogen-bond acceptors (Lipinski definition) is 7. The van der Waals surface area contributed by atoms with E-state index in [0.717, 1.165) is 5.69 Å². The van der Waals surface area contributed by atoms with Gasteiger partial charge in [-0.3, -0.25) is 0 Å². The number of ether oxygens (including phenoxy) is 1. The summed E-state index contributed by atoms with van der Waals surface area (Å²) in [6, 6.07) is 10.7. The van der Waals surface area contributed by atoms with Crippen LogP contribution in [0.3, 0.4) is 0 Å². The maximum Gasteiger partial charge on any atom is 0.355 e. The fourth-order valence-electron chi connectivity index (χ4n) is 2.36. The Balaban J connectivity index is 1.58. The van der Waals surface area contributed by atoms with Crippen molar-refractivity contribution in [3.63, 3.8) is 0 Å². The van der Waals surface area contributed by atoms with Crippen LogP contribution in [0.5, 0.6) is 5.75 Å². The molecule has 0 saturated heterocycles. The summed E-state index contributed by atoms with van der Waals surface area (Å²) in [5.41, 5.74) is 1.39. The van der Waals surface area contributed by atoms with Crippen molar-refractivity contribution in [3.8, 4) is 22.3 Å². The lowest BCUT2D eigenvalue weighted by atomic mass is 10.3. The van der Waals surface area contributed by atoms with Crippen LogP contribution in [0.25, 0.3) is 16.5 Å². The summed E-state index contributed by atoms with van der Waals surface area (Å²) in [7, 11) is 0. The van der Waals surface area contributed by atoms with Crippen molar-refractivity contribution in [3.05, 3.63) is 71.8 Å². The molecule has 26 heavy (non-hydrogen) atoms. The summed E-state index contributed by atoms with van der Waals surface area (Å²) in [5.74, 6) is 0.466. The first-order valence-electron chi connectivity index (χ1n) is 7.78. The summed E-state index contributed by atoms with van der Waals surface area (Å²) in [5, 5.41) is 4.75. The molecular weight excluding hydrogens is 350 g/mol. The van der Waals surface area contributed by atoms with Gasteiger partial charge in [0.1, 0.15) is 10.6 Å². The Morgan fingerprint density at radius 2 is 1.96 bits per heavy atom. The van der Waals surface area contributed by atoms with E-state index < -0.39 is 5.97 Å². The van der Waals surface area contributed by atoms with Crippen LogP contribution in [0, 0.1) is 6.92 Å². The van der Waals surface area contributed by atoms with Gasteiger partial charge in [-0.25, -0.2) is 24.4 Å². The highest BCUT2D eigenvalue weighted by Crippen LogP contribution is 2.27. The average molecular weight is 363 g/mol. The number of carbonyl (C=O) groups excluding carboxylic acids is 1. The fourth-order valence-corrected chi connectivity index (χ4v) is 3.25. The number of aryl methyl sites for hydroxylation is 1. The molecule has 7 nitrogen and oxygen atoms in total. The maximum atomic E-state index is 12.6. The summed E-state index contributed by atoms with van der Waals surface area (Å²) in [6.07, 6.45) is 6.78. The molecule has 0 fully saturated rings. The first kappa shape index (κ1) is 16.1. The number of aromatic nitrogens is 5. The van der Waals surface area contributed by atoms with Crippen LogP contribution in [-0.4, -0.2) is 30.7 Å². The second-order valence-corrected chi connectivity index (χ2v) is 6.34. The van der Waals surface area contributed by atoms with E-state index in [1.807, 2.05) is 24.4 Å². The Labute approximate surface area is 153 Å². The van der Waals surface area contributed by atoms with Crippen LogP contribution in [0.15, 0.2) is 61.2 Å². The maximum absolute atomic E-state index is 12.6. The van der Waals surface area contributed by atoms with E-state index in [2.05, 4.69) is 20.1 Å². The number of rotatable bonds is 4. The topological polar surface area (TPSA) is 82.8 Å². The van der Waals surface area contributed by atoms with Gasteiger partial charge in [0.05, 0.1) is 11.4 Å². The Hall–Kier alpha value is -3.39. The summed E-state index contributed by atoms with van der Waals surface area (Å²) >= 11 is 1.21. The minimum atomic E-state index is -0.459. The second-order valence-electron chi connectivity index (χ2n) is 5.34. The molecule has 0 bridgehead atoms. The first-order valence-corrected chi connectivity index (χ1v) is 8.59. The van der Waals surface area contributed by atoms with E-state index in [-0.39, 0.29) is 0 Å². The number of carbonyl (C=O) groups is 1. The van der Waals surface area contributed by atoms with Gasteiger partial charge < -0.3 is 4.74 Å². The average Bonchev–Trinajstić information content (AvgIpc) is 3.32. The van der Waals surface area contributed by atoms with Gasteiger partial charge in [-0.2, -0.15) is 5.10 Å². The molecule has 128 valence electrons. The molecule has 3 heterocycles. The zero-order chi connectivity index (χ0) is 17.9. The highest BCUT2D eigenvalue weighted by molar-refractivity contribution is 7.17. The monoisotopic (exact) mass is 363 g/mol. The number of benzene rings is 1. The van der Waals surface area contributed by atoms with Gasteiger partial charge in [-0.15, -0.1) is 11.3 Å². The molecule has 8 heteroatoms. The lowest BCUT2D eigenvalue weighted by molar-refractivity contribution is 0.0739. The van der Waals surface area contributed by atoms with Crippen molar-refractivity contribution < 1.29 is 9.53 Å². The van der Waals surface area contributed by atoms with Crippen LogP contribution in [-0.2, 0) is 0 Å². The van der Waals surface area contributed by atoms with Crippen LogP contribution < -0.4 is 4.74 Å². The minimum absolute atomic E-state index is 0.428. The van der Waals surface area contributed by atoms with E-state index in [0.29, 0.717) is 27.2 Å². The molecule has 0 unspecified atom stereocenters. The van der Waals surface area contributed by atoms with Crippen LogP contribution >= 0.6 is 11.3 Å². The molecule has 0 amide bonds. The molecule has 0 aliphatic rings. The Morgan fingerprint density at radius 1 is 1.12 bits per heavy atom. The van der Waals surface area contributed by atoms with Crippen molar-refractivity contribution in [1.82, 2.24) is 24.7 Å². The molecule has 4 aromatic rings. The quantitative estimate of drug-likeness (QED) is 0.409. The Morgan fingerprint density at radius 3 is 2.73 bits per heavy atom. The number of hydrogen-bond donors (Lipinski definition) is 0. The molecule has 0 radical (unpaired) electrons. The fraction of sp³-hybridized carbons (Fsp3) is 0.0556. The molecular formula is C18H13N5O2S. The van der Waals surface area contributed by atoms with E-state index >= 15 is 0 Å². The van der Waals surface area contributed by atoms with Crippen molar-refractivity contribution in [2.24, 2.45) is 0 Å². The molecule has 0 spiro atoms.